The van der Waals surface area contributed by atoms with Crippen molar-refractivity contribution < 1.29 is 0 Å². The Bertz CT molecular complexity index is 2940. The van der Waals surface area contributed by atoms with Crippen LogP contribution in [0.4, 0.5) is 0 Å². The Hall–Kier alpha value is -7.01. The summed E-state index contributed by atoms with van der Waals surface area (Å²) in [6.07, 6.45) is 0. The van der Waals surface area contributed by atoms with Gasteiger partial charge in [-0.25, -0.2) is 0 Å². The Morgan fingerprint density at radius 1 is 0.291 bits per heavy atom. The average molecular weight is 720 g/mol. The highest BCUT2D eigenvalue weighted by atomic mass is 32.1. The van der Waals surface area contributed by atoms with E-state index in [1.807, 2.05) is 17.4 Å². The molecule has 0 saturated heterocycles. The number of hydrogen-bond acceptors (Lipinski definition) is 4. The quantitative estimate of drug-likeness (QED) is 0.165. The van der Waals surface area contributed by atoms with E-state index >= 15 is 0 Å². The molecule has 0 unspecified atom stereocenters. The first-order valence-corrected chi connectivity index (χ1v) is 19.3. The summed E-state index contributed by atoms with van der Waals surface area (Å²) in [7, 11) is 0. The molecule has 4 heteroatoms. The Kier molecular flexibility index (Phi) is 8.36. The Balaban J connectivity index is 1.46. The summed E-state index contributed by atoms with van der Waals surface area (Å²) < 4.78 is 2.49. The topological polar surface area (TPSA) is 38.7 Å². The molecule has 0 aliphatic carbocycles. The molecular formula is C51H33N3S. The highest BCUT2D eigenvalue weighted by molar-refractivity contribution is 7.26. The van der Waals surface area contributed by atoms with E-state index in [2.05, 4.69) is 199 Å². The monoisotopic (exact) mass is 719 g/mol. The first kappa shape index (κ1) is 32.6. The van der Waals surface area contributed by atoms with Crippen LogP contribution in [0.2, 0.25) is 0 Å². The molecular weight excluding hydrogens is 687 g/mol. The lowest BCUT2D eigenvalue weighted by Crippen LogP contribution is -2.04. The smallest absolute Gasteiger partial charge is 0.106 e. The van der Waals surface area contributed by atoms with Crippen LogP contribution < -0.4 is 0 Å². The lowest BCUT2D eigenvalue weighted by atomic mass is 9.79. The maximum Gasteiger partial charge on any atom is 0.106 e. The van der Waals surface area contributed by atoms with Crippen molar-refractivity contribution in [2.75, 3.05) is 0 Å². The van der Waals surface area contributed by atoms with Gasteiger partial charge in [-0.3, -0.25) is 0 Å². The zero-order valence-electron chi connectivity index (χ0n) is 29.8. The van der Waals surface area contributed by atoms with Crippen molar-refractivity contribution in [3.8, 4) is 78.1 Å². The van der Waals surface area contributed by atoms with Crippen LogP contribution in [0, 0.1) is 0 Å². The number of rotatable bonds is 7. The molecule has 0 aliphatic rings. The molecule has 0 radical (unpaired) electrons. The van der Waals surface area contributed by atoms with E-state index in [4.69, 9.17) is 10.2 Å². The number of fused-ring (bicyclic) bond motifs is 3. The molecule has 0 N–H and O–H groups in total. The Morgan fingerprint density at radius 3 is 1.31 bits per heavy atom. The van der Waals surface area contributed by atoms with Gasteiger partial charge in [-0.2, -0.15) is 0 Å². The Labute approximate surface area is 323 Å². The first-order valence-electron chi connectivity index (χ1n) is 18.5. The molecule has 10 aromatic rings. The lowest BCUT2D eigenvalue weighted by molar-refractivity contribution is 0.879. The summed E-state index contributed by atoms with van der Waals surface area (Å²) in [4.78, 5) is 0. The molecule has 55 heavy (non-hydrogen) atoms. The molecule has 0 aliphatic heterocycles. The van der Waals surface area contributed by atoms with Crippen molar-refractivity contribution >= 4 is 31.5 Å². The molecule has 3 nitrogen and oxygen atoms in total. The SMILES string of the molecule is c1ccc(-c2ccc(-c3ccccc3)c(-c3c(-c4ccccc4)ccc4sc5ccccc5c34)c2-c2nnnc(-c3ccccc3)c2-c2ccccc2)cc1. The minimum atomic E-state index is 0.780. The van der Waals surface area contributed by atoms with E-state index in [9.17, 15) is 0 Å². The normalized spacial score (nSPS) is 11.3. The third-order valence-electron chi connectivity index (χ3n) is 10.4. The van der Waals surface area contributed by atoms with Crippen LogP contribution in [0.25, 0.3) is 98.3 Å². The fourth-order valence-corrected chi connectivity index (χ4v) is 9.05. The molecule has 0 bridgehead atoms. The van der Waals surface area contributed by atoms with E-state index in [1.54, 1.807) is 0 Å². The minimum Gasteiger partial charge on any atom is -0.135 e. The van der Waals surface area contributed by atoms with Crippen molar-refractivity contribution in [2.24, 2.45) is 0 Å². The van der Waals surface area contributed by atoms with Gasteiger partial charge in [0.25, 0.3) is 0 Å². The third-order valence-corrected chi connectivity index (χ3v) is 11.5. The number of benzene rings is 8. The molecule has 0 atom stereocenters. The number of hydrogen-bond donors (Lipinski definition) is 0. The van der Waals surface area contributed by atoms with Gasteiger partial charge in [0, 0.05) is 48.0 Å². The van der Waals surface area contributed by atoms with Gasteiger partial charge in [0.15, 0.2) is 0 Å². The van der Waals surface area contributed by atoms with E-state index in [0.29, 0.717) is 0 Å². The summed E-state index contributed by atoms with van der Waals surface area (Å²) in [6, 6.07) is 71.0. The van der Waals surface area contributed by atoms with Gasteiger partial charge in [-0.15, -0.1) is 21.5 Å². The van der Waals surface area contributed by atoms with Crippen LogP contribution in [0.1, 0.15) is 0 Å². The van der Waals surface area contributed by atoms with E-state index < -0.39 is 0 Å². The van der Waals surface area contributed by atoms with Gasteiger partial charge in [0.05, 0.1) is 0 Å². The fraction of sp³-hybridized carbons (Fsp3) is 0. The molecule has 0 fully saturated rings. The standard InChI is InChI=1S/C51H33N3S/c1-6-18-34(19-7-1)39-30-31-41(36-22-10-3-11-23-36)49(51-45(37-24-12-4-13-25-37)50(52-54-53-51)38-26-14-5-15-27-38)48(39)47-40(35-20-8-2-9-21-35)32-33-44-46(47)42-28-16-17-29-43(42)55-44/h1-33H. The molecule has 0 saturated carbocycles. The summed E-state index contributed by atoms with van der Waals surface area (Å²) in [5, 5.41) is 16.9. The van der Waals surface area contributed by atoms with E-state index in [1.165, 1.54) is 25.7 Å². The summed E-state index contributed by atoms with van der Waals surface area (Å²) in [6.45, 7) is 0. The molecule has 0 amide bonds. The van der Waals surface area contributed by atoms with Gasteiger partial charge >= 0.3 is 0 Å². The van der Waals surface area contributed by atoms with Crippen molar-refractivity contribution in [3.05, 3.63) is 200 Å². The highest BCUT2D eigenvalue weighted by Crippen LogP contribution is 2.54. The maximum atomic E-state index is 5.09. The third kappa shape index (κ3) is 5.81. The highest BCUT2D eigenvalue weighted by Gasteiger charge is 2.29. The van der Waals surface area contributed by atoms with Crippen LogP contribution >= 0.6 is 11.3 Å². The first-order chi connectivity index (χ1) is 27.3. The van der Waals surface area contributed by atoms with Crippen LogP contribution in [0.15, 0.2) is 200 Å². The molecule has 8 aromatic carbocycles. The number of thiophene rings is 1. The fourth-order valence-electron chi connectivity index (χ4n) is 7.93. The number of aromatic nitrogens is 3. The molecule has 258 valence electrons. The van der Waals surface area contributed by atoms with Crippen LogP contribution in [-0.2, 0) is 0 Å². The second-order valence-electron chi connectivity index (χ2n) is 13.6. The van der Waals surface area contributed by atoms with Crippen molar-refractivity contribution in [2.45, 2.75) is 0 Å². The molecule has 10 rings (SSSR count). The largest absolute Gasteiger partial charge is 0.135 e. The summed E-state index contributed by atoms with van der Waals surface area (Å²) in [5.41, 5.74) is 14.5. The van der Waals surface area contributed by atoms with Crippen LogP contribution in [0.3, 0.4) is 0 Å². The molecule has 2 heterocycles. The zero-order chi connectivity index (χ0) is 36.6. The molecule has 2 aromatic heterocycles. The Morgan fingerprint density at radius 2 is 0.727 bits per heavy atom. The minimum absolute atomic E-state index is 0.780. The van der Waals surface area contributed by atoms with Crippen molar-refractivity contribution in [1.29, 1.82) is 0 Å². The van der Waals surface area contributed by atoms with Crippen LogP contribution in [0.5, 0.6) is 0 Å². The average Bonchev–Trinajstić information content (AvgIpc) is 3.66. The second kappa shape index (κ2) is 14.1. The zero-order valence-corrected chi connectivity index (χ0v) is 30.6. The van der Waals surface area contributed by atoms with Crippen LogP contribution in [-0.4, -0.2) is 15.4 Å². The van der Waals surface area contributed by atoms with Gasteiger partial charge < -0.3 is 0 Å². The lowest BCUT2D eigenvalue weighted by Gasteiger charge is -2.24. The predicted molar refractivity (Wildman–Crippen MR) is 231 cm³/mol. The molecule has 0 spiro atoms. The summed E-state index contributed by atoms with van der Waals surface area (Å²) >= 11 is 1.84. The maximum absolute atomic E-state index is 5.09. The van der Waals surface area contributed by atoms with Crippen molar-refractivity contribution in [3.63, 3.8) is 0 Å². The van der Waals surface area contributed by atoms with E-state index in [-0.39, 0.29) is 0 Å². The summed E-state index contributed by atoms with van der Waals surface area (Å²) in [5.74, 6) is 0. The van der Waals surface area contributed by atoms with Gasteiger partial charge in [0.2, 0.25) is 0 Å². The van der Waals surface area contributed by atoms with Crippen molar-refractivity contribution in [1.82, 2.24) is 15.4 Å². The van der Waals surface area contributed by atoms with Gasteiger partial charge in [-0.1, -0.05) is 188 Å². The predicted octanol–water partition coefficient (Wildman–Crippen LogP) is 13.9. The van der Waals surface area contributed by atoms with Gasteiger partial charge in [-0.05, 0) is 56.3 Å². The number of nitrogens with zero attached hydrogens (tertiary/aromatic N) is 3. The van der Waals surface area contributed by atoms with E-state index in [0.717, 1.165) is 72.6 Å². The second-order valence-corrected chi connectivity index (χ2v) is 14.6. The van der Waals surface area contributed by atoms with Gasteiger partial charge in [0.1, 0.15) is 11.4 Å².